The summed E-state index contributed by atoms with van der Waals surface area (Å²) in [6, 6.07) is 9.67. The highest BCUT2D eigenvalue weighted by Crippen LogP contribution is 2.42. The normalized spacial score (nSPS) is 17.7. The van der Waals surface area contributed by atoms with Crippen molar-refractivity contribution in [3.05, 3.63) is 59.8 Å². The van der Waals surface area contributed by atoms with Crippen molar-refractivity contribution in [2.24, 2.45) is 17.6 Å². The molecule has 10 nitrogen and oxygen atoms in total. The summed E-state index contributed by atoms with van der Waals surface area (Å²) in [5.41, 5.74) is 2.07. The van der Waals surface area contributed by atoms with Gasteiger partial charge in [0.25, 0.3) is 5.91 Å². The molecule has 0 saturated carbocycles. The maximum absolute atomic E-state index is 14.0. The molecular formula is C30H36F3N3O7. The molecular weight excluding hydrogens is 571 g/mol. The Bertz CT molecular complexity index is 1350. The van der Waals surface area contributed by atoms with Crippen LogP contribution in [0.1, 0.15) is 31.9 Å². The number of ketones is 1. The summed E-state index contributed by atoms with van der Waals surface area (Å²) >= 11 is 0. The molecule has 3 unspecified atom stereocenters. The van der Waals surface area contributed by atoms with E-state index in [0.29, 0.717) is 5.56 Å². The topological polar surface area (TPSA) is 132 Å². The molecule has 2 aromatic carbocycles. The molecule has 0 aliphatic carbocycles. The number of halogens is 3. The second-order valence-electron chi connectivity index (χ2n) is 10.5. The summed E-state index contributed by atoms with van der Waals surface area (Å²) in [6.45, 7) is 3.76. The van der Waals surface area contributed by atoms with Crippen LogP contribution in [0.3, 0.4) is 0 Å². The number of nitrogens with zero attached hydrogens (tertiary/aromatic N) is 2. The van der Waals surface area contributed by atoms with Gasteiger partial charge in [-0.15, -0.1) is 0 Å². The van der Waals surface area contributed by atoms with Gasteiger partial charge < -0.3 is 29.1 Å². The van der Waals surface area contributed by atoms with E-state index in [1.165, 1.54) is 63.6 Å². The minimum atomic E-state index is -5.37. The van der Waals surface area contributed by atoms with E-state index in [1.54, 1.807) is 32.0 Å². The van der Waals surface area contributed by atoms with Crippen LogP contribution in [-0.2, 0) is 20.8 Å². The van der Waals surface area contributed by atoms with Gasteiger partial charge in [0.05, 0.1) is 39.5 Å². The second kappa shape index (κ2) is 13.0. The van der Waals surface area contributed by atoms with Crippen molar-refractivity contribution in [2.45, 2.75) is 45.1 Å². The Labute approximate surface area is 247 Å². The molecule has 0 radical (unpaired) electrons. The van der Waals surface area contributed by atoms with Gasteiger partial charge in [0.1, 0.15) is 6.04 Å². The number of carbonyl (C=O) groups excluding carboxylic acids is 3. The van der Waals surface area contributed by atoms with Gasteiger partial charge in [-0.1, -0.05) is 44.2 Å². The van der Waals surface area contributed by atoms with Crippen molar-refractivity contribution in [2.75, 3.05) is 27.9 Å². The minimum absolute atomic E-state index is 0.00994. The van der Waals surface area contributed by atoms with Crippen molar-refractivity contribution < 1.29 is 46.9 Å². The fourth-order valence-corrected chi connectivity index (χ4v) is 5.02. The maximum Gasteiger partial charge on any atom is 0.431 e. The van der Waals surface area contributed by atoms with Crippen molar-refractivity contribution in [3.8, 4) is 17.2 Å². The highest BCUT2D eigenvalue weighted by molar-refractivity contribution is 6.00. The van der Waals surface area contributed by atoms with Crippen LogP contribution in [0.4, 0.5) is 13.2 Å². The number of ether oxygens (including phenoxy) is 3. The number of benzene rings is 2. The lowest BCUT2D eigenvalue weighted by molar-refractivity contribution is -0.274. The van der Waals surface area contributed by atoms with Gasteiger partial charge in [-0.05, 0) is 30.0 Å². The molecule has 234 valence electrons. The zero-order valence-corrected chi connectivity index (χ0v) is 24.8. The van der Waals surface area contributed by atoms with Gasteiger partial charge in [-0.3, -0.25) is 20.1 Å². The number of nitrogens with two attached hydrogens (primary N) is 1. The van der Waals surface area contributed by atoms with E-state index < -0.39 is 60.3 Å². The van der Waals surface area contributed by atoms with Crippen LogP contribution in [0.5, 0.6) is 17.2 Å². The summed E-state index contributed by atoms with van der Waals surface area (Å²) in [6.07, 6.45) is -4.56. The standard InChI is InChI=1S/C30H36F3N3O7/c1-17(2)26-28(39)36(16-23(38)21(29(34,40)30(31,32)33)12-19-10-8-7-9-11-19)22(15-35(26)18(3)37)20-13-24(41-4)27(43-6)25(14-20)42-5/h7-11,13-15,17,21,26,40H,12,16,34H2,1-6H3. The van der Waals surface area contributed by atoms with Gasteiger partial charge in [0.2, 0.25) is 17.4 Å². The Kier molecular flexibility index (Phi) is 10.1. The van der Waals surface area contributed by atoms with Gasteiger partial charge in [0, 0.05) is 18.7 Å². The Hall–Kier alpha value is -4.10. The molecule has 1 aliphatic rings. The quantitative estimate of drug-likeness (QED) is 0.372. The molecule has 2 amide bonds. The second-order valence-corrected chi connectivity index (χ2v) is 10.5. The van der Waals surface area contributed by atoms with E-state index in [-0.39, 0.29) is 28.5 Å². The molecule has 13 heteroatoms. The summed E-state index contributed by atoms with van der Waals surface area (Å²) in [7, 11) is 4.13. The van der Waals surface area contributed by atoms with Crippen LogP contribution in [0.25, 0.3) is 5.70 Å². The summed E-state index contributed by atoms with van der Waals surface area (Å²) < 4.78 is 58.2. The third-order valence-corrected chi connectivity index (χ3v) is 7.30. The molecule has 43 heavy (non-hydrogen) atoms. The molecule has 0 saturated heterocycles. The smallest absolute Gasteiger partial charge is 0.431 e. The molecule has 3 rings (SSSR count). The van der Waals surface area contributed by atoms with Crippen molar-refractivity contribution in [3.63, 3.8) is 0 Å². The van der Waals surface area contributed by atoms with Crippen LogP contribution in [0, 0.1) is 11.8 Å². The van der Waals surface area contributed by atoms with E-state index >= 15 is 0 Å². The first-order valence-electron chi connectivity index (χ1n) is 13.4. The van der Waals surface area contributed by atoms with E-state index in [4.69, 9.17) is 19.9 Å². The highest BCUT2D eigenvalue weighted by Gasteiger charge is 2.58. The van der Waals surface area contributed by atoms with E-state index in [0.717, 1.165) is 4.90 Å². The number of methoxy groups -OCH3 is 3. The van der Waals surface area contributed by atoms with E-state index in [9.17, 15) is 32.7 Å². The zero-order valence-electron chi connectivity index (χ0n) is 24.8. The number of carbonyl (C=O) groups is 3. The predicted molar refractivity (Wildman–Crippen MR) is 151 cm³/mol. The third-order valence-electron chi connectivity index (χ3n) is 7.30. The lowest BCUT2D eigenvalue weighted by atomic mass is 9.84. The van der Waals surface area contributed by atoms with Crippen LogP contribution >= 0.6 is 0 Å². The largest absolute Gasteiger partial charge is 0.493 e. The first-order valence-corrected chi connectivity index (χ1v) is 13.4. The lowest BCUT2D eigenvalue weighted by Crippen LogP contribution is -2.63. The maximum atomic E-state index is 14.0. The average Bonchev–Trinajstić information content (AvgIpc) is 2.95. The number of amides is 2. The van der Waals surface area contributed by atoms with Crippen LogP contribution in [0.15, 0.2) is 48.7 Å². The highest BCUT2D eigenvalue weighted by atomic mass is 19.4. The van der Waals surface area contributed by atoms with Gasteiger partial charge in [-0.2, -0.15) is 13.2 Å². The lowest BCUT2D eigenvalue weighted by Gasteiger charge is -2.41. The third kappa shape index (κ3) is 6.78. The zero-order chi connectivity index (χ0) is 32.3. The Morgan fingerprint density at radius 3 is 2.02 bits per heavy atom. The number of aliphatic hydroxyl groups is 1. The van der Waals surface area contributed by atoms with Gasteiger partial charge in [0.15, 0.2) is 17.3 Å². The molecule has 0 spiro atoms. The average molecular weight is 608 g/mol. The van der Waals surface area contributed by atoms with E-state index in [1.807, 2.05) is 0 Å². The minimum Gasteiger partial charge on any atom is -0.493 e. The molecule has 0 bridgehead atoms. The van der Waals surface area contributed by atoms with Crippen LogP contribution in [0.2, 0.25) is 0 Å². The molecule has 0 fully saturated rings. The number of rotatable bonds is 11. The number of alkyl halides is 3. The Morgan fingerprint density at radius 1 is 1.02 bits per heavy atom. The SMILES string of the molecule is COc1cc(C2=CN(C(C)=O)C(C(C)C)C(=O)N2CC(=O)C(Cc2ccccc2)C(N)(O)C(F)(F)F)cc(OC)c1OC. The van der Waals surface area contributed by atoms with Crippen LogP contribution < -0.4 is 19.9 Å². The summed E-state index contributed by atoms with van der Waals surface area (Å²) in [5.74, 6) is -4.34. The fourth-order valence-electron chi connectivity index (χ4n) is 5.02. The molecule has 0 aromatic heterocycles. The van der Waals surface area contributed by atoms with Gasteiger partial charge in [-0.25, -0.2) is 0 Å². The number of hydrogen-bond donors (Lipinski definition) is 2. The van der Waals surface area contributed by atoms with Gasteiger partial charge >= 0.3 is 6.18 Å². The predicted octanol–water partition coefficient (Wildman–Crippen LogP) is 3.36. The van der Waals surface area contributed by atoms with Crippen LogP contribution in [-0.4, -0.2) is 78.3 Å². The molecule has 3 N–H and O–H groups in total. The molecule has 1 aliphatic heterocycles. The van der Waals surface area contributed by atoms with Crippen molar-refractivity contribution in [1.82, 2.24) is 9.80 Å². The molecule has 1 heterocycles. The van der Waals surface area contributed by atoms with Crippen molar-refractivity contribution >= 4 is 23.3 Å². The summed E-state index contributed by atoms with van der Waals surface area (Å²) in [4.78, 5) is 42.6. The Balaban J connectivity index is 2.20. The summed E-state index contributed by atoms with van der Waals surface area (Å²) in [5, 5.41) is 10.5. The number of hydrogen-bond acceptors (Lipinski definition) is 8. The first-order chi connectivity index (χ1) is 20.1. The van der Waals surface area contributed by atoms with Crippen molar-refractivity contribution in [1.29, 1.82) is 0 Å². The fraction of sp³-hybridized carbons (Fsp3) is 0.433. The Morgan fingerprint density at radius 2 is 1.58 bits per heavy atom. The molecule has 2 aromatic rings. The first kappa shape index (κ1) is 33.4. The van der Waals surface area contributed by atoms with E-state index in [2.05, 4.69) is 0 Å². The number of Topliss-reactive ketones (excluding diaryl/α,β-unsaturated/α-hetero) is 1. The monoisotopic (exact) mass is 607 g/mol. The molecule has 3 atom stereocenters.